The lowest BCUT2D eigenvalue weighted by Gasteiger charge is -2.27. The summed E-state index contributed by atoms with van der Waals surface area (Å²) in [6.45, 7) is 7.42. The lowest BCUT2D eigenvalue weighted by Crippen LogP contribution is -2.27. The molecule has 3 N–H and O–H groups in total. The molecule has 0 radical (unpaired) electrons. The van der Waals surface area contributed by atoms with Crippen molar-refractivity contribution in [2.75, 3.05) is 0 Å². The summed E-state index contributed by atoms with van der Waals surface area (Å²) in [4.78, 5) is 25.2. The van der Waals surface area contributed by atoms with E-state index in [1.807, 2.05) is 13.8 Å². The molecule has 0 saturated carbocycles. The van der Waals surface area contributed by atoms with Crippen LogP contribution in [0.2, 0.25) is 0 Å². The Bertz CT molecular complexity index is 1070. The van der Waals surface area contributed by atoms with E-state index in [-0.39, 0.29) is 21.9 Å². The Morgan fingerprint density at radius 1 is 1.29 bits per heavy atom. The van der Waals surface area contributed by atoms with E-state index in [1.165, 1.54) is 12.1 Å². The van der Waals surface area contributed by atoms with Crippen molar-refractivity contribution >= 4 is 21.7 Å². The number of rotatable bonds is 4. The Hall–Kier alpha value is -2.45. The largest absolute Gasteiger partial charge is 0.455 e. The minimum absolute atomic E-state index is 0.0135. The Labute approximate surface area is 164 Å². The predicted molar refractivity (Wildman–Crippen MR) is 104 cm³/mol. The van der Waals surface area contributed by atoms with Crippen LogP contribution in [0.5, 0.6) is 0 Å². The van der Waals surface area contributed by atoms with Gasteiger partial charge in [0, 0.05) is 18.4 Å². The molecule has 1 aromatic carbocycles. The van der Waals surface area contributed by atoms with Gasteiger partial charge >= 0.3 is 0 Å². The molecule has 2 aromatic rings. The van der Waals surface area contributed by atoms with Gasteiger partial charge in [-0.2, -0.15) is 0 Å². The van der Waals surface area contributed by atoms with Crippen molar-refractivity contribution < 1.29 is 22.4 Å². The van der Waals surface area contributed by atoms with Gasteiger partial charge in [0.25, 0.3) is 5.91 Å². The number of Topliss-reactive ketones (excluding diaryl/α,β-unsaturated/α-hetero) is 1. The molecule has 0 spiro atoms. The average molecular weight is 404 g/mol. The van der Waals surface area contributed by atoms with Crippen LogP contribution in [0, 0.1) is 12.3 Å². The SMILES string of the molecule is Cc1c(C(=O)NC(C)c2cccc(S(N)(=O)=O)c2)oc2c1C(=O)CC(C)(C)C2. The van der Waals surface area contributed by atoms with Gasteiger partial charge in [0.1, 0.15) is 5.76 Å². The maximum atomic E-state index is 12.8. The van der Waals surface area contributed by atoms with Crippen LogP contribution >= 0.6 is 0 Å². The second-order valence-corrected chi connectivity index (χ2v) is 9.67. The first kappa shape index (κ1) is 20.3. The van der Waals surface area contributed by atoms with E-state index in [0.717, 1.165) is 0 Å². The summed E-state index contributed by atoms with van der Waals surface area (Å²) in [5, 5.41) is 7.96. The molecule has 1 aliphatic rings. The van der Waals surface area contributed by atoms with Crippen molar-refractivity contribution in [3.63, 3.8) is 0 Å². The number of hydrogen-bond donors (Lipinski definition) is 2. The van der Waals surface area contributed by atoms with Gasteiger partial charge in [0.05, 0.1) is 16.5 Å². The summed E-state index contributed by atoms with van der Waals surface area (Å²) in [7, 11) is -3.83. The van der Waals surface area contributed by atoms with Crippen molar-refractivity contribution in [1.82, 2.24) is 5.32 Å². The number of fused-ring (bicyclic) bond motifs is 1. The van der Waals surface area contributed by atoms with Crippen molar-refractivity contribution in [1.29, 1.82) is 0 Å². The number of carbonyl (C=O) groups excluding carboxylic acids is 2. The third-order valence-corrected chi connectivity index (χ3v) is 5.93. The fraction of sp³-hybridized carbons (Fsp3) is 0.400. The summed E-state index contributed by atoms with van der Waals surface area (Å²) >= 11 is 0. The van der Waals surface area contributed by atoms with Gasteiger partial charge in [-0.05, 0) is 37.0 Å². The van der Waals surface area contributed by atoms with Crippen molar-refractivity contribution in [2.45, 2.75) is 51.5 Å². The number of furan rings is 1. The molecule has 150 valence electrons. The van der Waals surface area contributed by atoms with Crippen LogP contribution in [0.4, 0.5) is 0 Å². The van der Waals surface area contributed by atoms with E-state index in [1.54, 1.807) is 26.0 Å². The Kier molecular flexibility index (Phi) is 4.97. The van der Waals surface area contributed by atoms with Gasteiger partial charge < -0.3 is 9.73 Å². The molecule has 1 atom stereocenters. The number of nitrogens with two attached hydrogens (primary N) is 1. The summed E-state index contributed by atoms with van der Waals surface area (Å²) in [6, 6.07) is 5.60. The van der Waals surface area contributed by atoms with Gasteiger partial charge in [0.2, 0.25) is 10.0 Å². The number of carbonyl (C=O) groups is 2. The molecule has 0 aliphatic heterocycles. The van der Waals surface area contributed by atoms with Crippen LogP contribution in [0.1, 0.15) is 71.0 Å². The quantitative estimate of drug-likeness (QED) is 0.812. The molecule has 0 bridgehead atoms. The number of nitrogens with one attached hydrogen (secondary N) is 1. The van der Waals surface area contributed by atoms with E-state index in [0.29, 0.717) is 35.3 Å². The maximum absolute atomic E-state index is 12.8. The highest BCUT2D eigenvalue weighted by atomic mass is 32.2. The van der Waals surface area contributed by atoms with Gasteiger partial charge in [-0.15, -0.1) is 0 Å². The van der Waals surface area contributed by atoms with Gasteiger partial charge in [-0.25, -0.2) is 13.6 Å². The average Bonchev–Trinajstić information content (AvgIpc) is 2.89. The first-order valence-electron chi connectivity index (χ1n) is 8.98. The minimum Gasteiger partial charge on any atom is -0.455 e. The monoisotopic (exact) mass is 404 g/mol. The van der Waals surface area contributed by atoms with Crippen LogP contribution in [0.3, 0.4) is 0 Å². The van der Waals surface area contributed by atoms with Crippen molar-refractivity contribution in [3.8, 4) is 0 Å². The minimum atomic E-state index is -3.83. The van der Waals surface area contributed by atoms with Crippen LogP contribution in [0.15, 0.2) is 33.6 Å². The van der Waals surface area contributed by atoms with Crippen LogP contribution in [0.25, 0.3) is 0 Å². The molecule has 0 fully saturated rings. The second kappa shape index (κ2) is 6.86. The van der Waals surface area contributed by atoms with E-state index in [9.17, 15) is 18.0 Å². The molecular formula is C20H24N2O5S. The zero-order valence-corrected chi connectivity index (χ0v) is 17.1. The van der Waals surface area contributed by atoms with Crippen LogP contribution in [-0.4, -0.2) is 20.1 Å². The summed E-state index contributed by atoms with van der Waals surface area (Å²) in [5.41, 5.74) is 1.43. The van der Waals surface area contributed by atoms with E-state index in [2.05, 4.69) is 5.32 Å². The van der Waals surface area contributed by atoms with Crippen LogP contribution in [-0.2, 0) is 16.4 Å². The number of primary sulfonamides is 1. The molecule has 7 nitrogen and oxygen atoms in total. The molecule has 1 amide bonds. The lowest BCUT2D eigenvalue weighted by molar-refractivity contribution is 0.0883. The molecule has 28 heavy (non-hydrogen) atoms. The molecule has 1 aromatic heterocycles. The van der Waals surface area contributed by atoms with Crippen LogP contribution < -0.4 is 10.5 Å². The highest BCUT2D eigenvalue weighted by Crippen LogP contribution is 2.38. The Balaban J connectivity index is 1.86. The predicted octanol–water partition coefficient (Wildman–Crippen LogP) is 2.88. The Morgan fingerprint density at radius 3 is 2.61 bits per heavy atom. The first-order valence-corrected chi connectivity index (χ1v) is 10.5. The highest BCUT2D eigenvalue weighted by Gasteiger charge is 2.37. The summed E-state index contributed by atoms with van der Waals surface area (Å²) < 4.78 is 28.8. The smallest absolute Gasteiger partial charge is 0.287 e. The Morgan fingerprint density at radius 2 is 1.96 bits per heavy atom. The fourth-order valence-corrected chi connectivity index (χ4v) is 4.17. The van der Waals surface area contributed by atoms with E-state index >= 15 is 0 Å². The zero-order valence-electron chi connectivity index (χ0n) is 16.3. The standard InChI is InChI=1S/C20H24N2O5S/c1-11-17-15(23)9-20(3,4)10-16(17)27-18(11)19(24)22-12(2)13-6-5-7-14(8-13)28(21,25)26/h5-8,12H,9-10H2,1-4H3,(H,22,24)(H2,21,25,26). The number of benzene rings is 1. The normalized spacial score (nSPS) is 17.1. The molecule has 0 saturated heterocycles. The van der Waals surface area contributed by atoms with Gasteiger partial charge in [-0.3, -0.25) is 9.59 Å². The number of amides is 1. The lowest BCUT2D eigenvalue weighted by atomic mass is 9.76. The van der Waals surface area contributed by atoms with E-state index in [4.69, 9.17) is 9.56 Å². The second-order valence-electron chi connectivity index (χ2n) is 8.11. The molecule has 1 unspecified atom stereocenters. The topological polar surface area (TPSA) is 119 Å². The number of sulfonamides is 1. The third kappa shape index (κ3) is 3.88. The molecule has 8 heteroatoms. The van der Waals surface area contributed by atoms with Crippen molar-refractivity contribution in [3.05, 3.63) is 52.5 Å². The highest BCUT2D eigenvalue weighted by molar-refractivity contribution is 7.89. The summed E-state index contributed by atoms with van der Waals surface area (Å²) in [6.07, 6.45) is 1.01. The van der Waals surface area contributed by atoms with E-state index < -0.39 is 22.0 Å². The fourth-order valence-electron chi connectivity index (χ4n) is 3.61. The first-order chi connectivity index (χ1) is 12.9. The number of hydrogen-bond acceptors (Lipinski definition) is 5. The number of ketones is 1. The molecule has 1 heterocycles. The van der Waals surface area contributed by atoms with Crippen molar-refractivity contribution in [2.24, 2.45) is 10.6 Å². The maximum Gasteiger partial charge on any atom is 0.287 e. The molecule has 3 rings (SSSR count). The molecular weight excluding hydrogens is 380 g/mol. The zero-order chi connectivity index (χ0) is 20.9. The molecule has 1 aliphatic carbocycles. The third-order valence-electron chi connectivity index (χ3n) is 5.02. The summed E-state index contributed by atoms with van der Waals surface area (Å²) in [5.74, 6) is 0.199. The van der Waals surface area contributed by atoms with Gasteiger partial charge in [-0.1, -0.05) is 26.0 Å². The van der Waals surface area contributed by atoms with Gasteiger partial charge in [0.15, 0.2) is 11.5 Å².